The minimum Gasteiger partial charge on any atom is -0.454 e. The highest BCUT2D eigenvalue weighted by molar-refractivity contribution is 7.89. The number of ketones is 1. The fourth-order valence-corrected chi connectivity index (χ4v) is 5.53. The SMILES string of the molecule is Cc1cc2c(cc1CS(C)(=O)=O)CC(C(=O)c1cnn(-c3ccc(Oc4cc(F)ccc4F)cc3C)c1N)=C2. The second kappa shape index (κ2) is 9.77. The topological polar surface area (TPSA) is 104 Å². The normalized spacial score (nSPS) is 12.8. The molecule has 200 valence electrons. The van der Waals surface area contributed by atoms with Gasteiger partial charge in [-0.05, 0) is 78.1 Å². The van der Waals surface area contributed by atoms with E-state index in [0.717, 1.165) is 34.9 Å². The number of hydrogen-bond donors (Lipinski definition) is 1. The first-order valence-corrected chi connectivity index (χ1v) is 14.1. The fraction of sp³-hybridized carbons (Fsp3) is 0.172. The largest absolute Gasteiger partial charge is 0.454 e. The fourth-order valence-electron chi connectivity index (χ4n) is 4.65. The second-order valence-electron chi connectivity index (χ2n) is 9.70. The van der Waals surface area contributed by atoms with Crippen LogP contribution in [0.4, 0.5) is 14.6 Å². The zero-order valence-corrected chi connectivity index (χ0v) is 22.3. The van der Waals surface area contributed by atoms with Crippen molar-refractivity contribution in [3.8, 4) is 17.2 Å². The Labute approximate surface area is 224 Å². The Morgan fingerprint density at radius 2 is 1.85 bits per heavy atom. The molecular formula is C29H25F2N3O4S. The molecule has 1 aliphatic carbocycles. The van der Waals surface area contributed by atoms with Gasteiger partial charge < -0.3 is 10.5 Å². The number of rotatable bonds is 7. The van der Waals surface area contributed by atoms with E-state index in [2.05, 4.69) is 5.10 Å². The highest BCUT2D eigenvalue weighted by Crippen LogP contribution is 2.33. The molecule has 4 aromatic rings. The summed E-state index contributed by atoms with van der Waals surface area (Å²) in [6, 6.07) is 11.6. The van der Waals surface area contributed by atoms with Crippen molar-refractivity contribution in [3.63, 3.8) is 0 Å². The van der Waals surface area contributed by atoms with Gasteiger partial charge in [0.1, 0.15) is 17.4 Å². The van der Waals surface area contributed by atoms with Crippen LogP contribution < -0.4 is 10.5 Å². The lowest BCUT2D eigenvalue weighted by Crippen LogP contribution is -2.09. The van der Waals surface area contributed by atoms with Crippen LogP contribution in [0.5, 0.6) is 11.5 Å². The number of carbonyl (C=O) groups is 1. The molecular weight excluding hydrogens is 524 g/mol. The predicted octanol–water partition coefficient (Wildman–Crippen LogP) is 5.51. The van der Waals surface area contributed by atoms with E-state index in [9.17, 15) is 22.0 Å². The highest BCUT2D eigenvalue weighted by Gasteiger charge is 2.25. The molecule has 0 atom stereocenters. The van der Waals surface area contributed by atoms with E-state index < -0.39 is 21.5 Å². The van der Waals surface area contributed by atoms with Gasteiger partial charge in [0.15, 0.2) is 27.2 Å². The summed E-state index contributed by atoms with van der Waals surface area (Å²) in [6.07, 6.45) is 4.76. The summed E-state index contributed by atoms with van der Waals surface area (Å²) in [7, 11) is -3.20. The van der Waals surface area contributed by atoms with Crippen LogP contribution in [0.3, 0.4) is 0 Å². The summed E-state index contributed by atoms with van der Waals surface area (Å²) < 4.78 is 58.0. The number of nitrogen functional groups attached to an aromatic ring is 1. The van der Waals surface area contributed by atoms with Crippen LogP contribution in [0.1, 0.15) is 38.2 Å². The summed E-state index contributed by atoms with van der Waals surface area (Å²) in [5, 5.41) is 4.32. The quantitative estimate of drug-likeness (QED) is 0.305. The monoisotopic (exact) mass is 549 g/mol. The first-order chi connectivity index (χ1) is 18.4. The summed E-state index contributed by atoms with van der Waals surface area (Å²) in [5.74, 6) is -1.43. The highest BCUT2D eigenvalue weighted by atomic mass is 32.2. The van der Waals surface area contributed by atoms with Gasteiger partial charge in [0, 0.05) is 24.3 Å². The Morgan fingerprint density at radius 1 is 1.08 bits per heavy atom. The zero-order valence-electron chi connectivity index (χ0n) is 21.5. The van der Waals surface area contributed by atoms with Crippen LogP contribution >= 0.6 is 0 Å². The van der Waals surface area contributed by atoms with Gasteiger partial charge in [0.25, 0.3) is 0 Å². The van der Waals surface area contributed by atoms with Gasteiger partial charge in [-0.1, -0.05) is 12.1 Å². The van der Waals surface area contributed by atoms with Crippen molar-refractivity contribution in [3.05, 3.63) is 105 Å². The summed E-state index contributed by atoms with van der Waals surface area (Å²) in [6.45, 7) is 3.63. The average Bonchev–Trinajstić information content (AvgIpc) is 3.43. The molecule has 0 amide bonds. The van der Waals surface area contributed by atoms with Crippen LogP contribution in [0.2, 0.25) is 0 Å². The molecule has 0 saturated carbocycles. The standard InChI is InChI=1S/C29H25F2N3O4S/c1-16-8-18-10-20(11-19(18)12-21(16)15-39(3,36)37)28(35)24-14-33-34(29(24)32)26-7-5-23(9-17(26)2)38-27-13-22(30)4-6-25(27)31/h4-10,12-14H,11,15,32H2,1-3H3. The van der Waals surface area contributed by atoms with Crippen molar-refractivity contribution >= 4 is 27.5 Å². The van der Waals surface area contributed by atoms with Gasteiger partial charge >= 0.3 is 0 Å². The number of halogens is 2. The minimum atomic E-state index is -3.20. The molecule has 0 saturated heterocycles. The van der Waals surface area contributed by atoms with Gasteiger partial charge in [0.2, 0.25) is 0 Å². The van der Waals surface area contributed by atoms with E-state index in [0.29, 0.717) is 34.6 Å². The molecule has 10 heteroatoms. The third-order valence-corrected chi connectivity index (χ3v) is 7.42. The minimum absolute atomic E-state index is 0.0601. The third-order valence-electron chi connectivity index (χ3n) is 6.59. The molecule has 1 aliphatic rings. The maximum Gasteiger partial charge on any atom is 0.194 e. The molecule has 1 aromatic heterocycles. The maximum atomic E-state index is 14.0. The molecule has 3 aromatic carbocycles. The molecule has 1 heterocycles. The van der Waals surface area contributed by atoms with Crippen LogP contribution in [0.25, 0.3) is 11.8 Å². The van der Waals surface area contributed by atoms with Crippen molar-refractivity contribution in [2.75, 3.05) is 12.0 Å². The Kier molecular flexibility index (Phi) is 6.59. The van der Waals surface area contributed by atoms with Crippen molar-refractivity contribution in [2.24, 2.45) is 0 Å². The Hall–Kier alpha value is -4.31. The molecule has 5 rings (SSSR count). The lowest BCUT2D eigenvalue weighted by Gasteiger charge is -2.12. The van der Waals surface area contributed by atoms with Crippen LogP contribution in [0.15, 0.2) is 60.3 Å². The van der Waals surface area contributed by atoms with Crippen LogP contribution in [-0.2, 0) is 22.0 Å². The van der Waals surface area contributed by atoms with E-state index in [1.165, 1.54) is 17.1 Å². The molecule has 0 spiro atoms. The van der Waals surface area contributed by atoms with Gasteiger partial charge in [-0.3, -0.25) is 4.79 Å². The van der Waals surface area contributed by atoms with Crippen LogP contribution in [0, 0.1) is 25.5 Å². The molecule has 0 fully saturated rings. The summed E-state index contributed by atoms with van der Waals surface area (Å²) in [5.41, 5.74) is 11.7. The lowest BCUT2D eigenvalue weighted by molar-refractivity contribution is 0.103. The van der Waals surface area contributed by atoms with Crippen molar-refractivity contribution in [1.82, 2.24) is 9.78 Å². The molecule has 0 unspecified atom stereocenters. The number of allylic oxidation sites excluding steroid dienone is 1. The number of benzene rings is 3. The van der Waals surface area contributed by atoms with Gasteiger partial charge in [-0.15, -0.1) is 0 Å². The Morgan fingerprint density at radius 3 is 2.56 bits per heavy atom. The van der Waals surface area contributed by atoms with Gasteiger partial charge in [-0.2, -0.15) is 5.10 Å². The van der Waals surface area contributed by atoms with Crippen molar-refractivity contribution in [1.29, 1.82) is 0 Å². The summed E-state index contributed by atoms with van der Waals surface area (Å²) in [4.78, 5) is 13.4. The molecule has 7 nitrogen and oxygen atoms in total. The maximum absolute atomic E-state index is 14.0. The number of Topliss-reactive ketones (excluding diaryl/α,β-unsaturated/α-hetero) is 1. The number of sulfone groups is 1. The molecule has 39 heavy (non-hydrogen) atoms. The van der Waals surface area contributed by atoms with Crippen LogP contribution in [-0.4, -0.2) is 30.2 Å². The van der Waals surface area contributed by atoms with E-state index in [1.54, 1.807) is 31.2 Å². The lowest BCUT2D eigenvalue weighted by atomic mass is 10.0. The van der Waals surface area contributed by atoms with Gasteiger partial charge in [0.05, 0.1) is 23.2 Å². The van der Waals surface area contributed by atoms with E-state index >= 15 is 0 Å². The molecule has 0 radical (unpaired) electrons. The number of nitrogens with zero attached hydrogens (tertiary/aromatic N) is 2. The third kappa shape index (κ3) is 5.33. The smallest absolute Gasteiger partial charge is 0.194 e. The number of nitrogens with two attached hydrogens (primary N) is 1. The van der Waals surface area contributed by atoms with Crippen molar-refractivity contribution < 1.29 is 26.7 Å². The number of ether oxygens (including phenoxy) is 1. The second-order valence-corrected chi connectivity index (χ2v) is 11.8. The zero-order chi connectivity index (χ0) is 28.1. The Balaban J connectivity index is 1.38. The average molecular weight is 550 g/mol. The van der Waals surface area contributed by atoms with Gasteiger partial charge in [-0.25, -0.2) is 21.9 Å². The Bertz CT molecular complexity index is 1790. The van der Waals surface area contributed by atoms with E-state index in [4.69, 9.17) is 10.5 Å². The number of aromatic nitrogens is 2. The molecule has 2 N–H and O–H groups in total. The van der Waals surface area contributed by atoms with E-state index in [-0.39, 0.29) is 28.7 Å². The summed E-state index contributed by atoms with van der Waals surface area (Å²) >= 11 is 0. The number of hydrogen-bond acceptors (Lipinski definition) is 6. The molecule has 0 aliphatic heterocycles. The first-order valence-electron chi connectivity index (χ1n) is 12.0. The number of anilines is 1. The number of carbonyl (C=O) groups excluding carboxylic acids is 1. The number of aryl methyl sites for hydroxylation is 2. The van der Waals surface area contributed by atoms with Crippen molar-refractivity contribution in [2.45, 2.75) is 26.0 Å². The van der Waals surface area contributed by atoms with E-state index in [1.807, 2.05) is 19.1 Å². The first kappa shape index (κ1) is 26.3. The predicted molar refractivity (Wildman–Crippen MR) is 145 cm³/mol. The molecule has 0 bridgehead atoms. The number of fused-ring (bicyclic) bond motifs is 1.